The summed E-state index contributed by atoms with van der Waals surface area (Å²) in [6.07, 6.45) is 1.63. The fourth-order valence-corrected chi connectivity index (χ4v) is 3.17. The van der Waals surface area contributed by atoms with Crippen molar-refractivity contribution in [1.29, 1.82) is 0 Å². The first-order valence-corrected chi connectivity index (χ1v) is 9.30. The summed E-state index contributed by atoms with van der Waals surface area (Å²) in [6.45, 7) is 6.86. The Morgan fingerprint density at radius 1 is 1.00 bits per heavy atom. The van der Waals surface area contributed by atoms with Crippen LogP contribution < -0.4 is 15.0 Å². The SMILES string of the molecule is C=CCNC(=O)c1ccc(C(=O)N2CCN(c3ccc(OC)cc3)CC2)cc1. The molecule has 0 aliphatic carbocycles. The third kappa shape index (κ3) is 4.52. The molecule has 0 atom stereocenters. The second-order valence-electron chi connectivity index (χ2n) is 6.55. The minimum Gasteiger partial charge on any atom is -0.497 e. The highest BCUT2D eigenvalue weighted by Crippen LogP contribution is 2.21. The number of ether oxygens (including phenoxy) is 1. The van der Waals surface area contributed by atoms with Gasteiger partial charge in [-0.2, -0.15) is 0 Å². The van der Waals surface area contributed by atoms with Crippen LogP contribution >= 0.6 is 0 Å². The zero-order valence-corrected chi connectivity index (χ0v) is 16.1. The quantitative estimate of drug-likeness (QED) is 0.784. The van der Waals surface area contributed by atoms with E-state index in [-0.39, 0.29) is 11.8 Å². The van der Waals surface area contributed by atoms with E-state index in [1.54, 1.807) is 37.5 Å². The first-order chi connectivity index (χ1) is 13.6. The number of rotatable bonds is 6. The number of carbonyl (C=O) groups excluding carboxylic acids is 2. The average Bonchev–Trinajstić information content (AvgIpc) is 2.77. The Kier molecular flexibility index (Phi) is 6.32. The highest BCUT2D eigenvalue weighted by atomic mass is 16.5. The van der Waals surface area contributed by atoms with Crippen molar-refractivity contribution < 1.29 is 14.3 Å². The van der Waals surface area contributed by atoms with Gasteiger partial charge in [0.15, 0.2) is 0 Å². The minimum absolute atomic E-state index is 0.00701. The third-order valence-electron chi connectivity index (χ3n) is 4.81. The van der Waals surface area contributed by atoms with Crippen molar-refractivity contribution in [3.05, 3.63) is 72.3 Å². The summed E-state index contributed by atoms with van der Waals surface area (Å²) >= 11 is 0. The molecule has 2 amide bonds. The van der Waals surface area contributed by atoms with Gasteiger partial charge in [-0.3, -0.25) is 9.59 Å². The lowest BCUT2D eigenvalue weighted by Crippen LogP contribution is -2.48. The summed E-state index contributed by atoms with van der Waals surface area (Å²) in [5.41, 5.74) is 2.25. The van der Waals surface area contributed by atoms with E-state index in [9.17, 15) is 9.59 Å². The van der Waals surface area contributed by atoms with Crippen molar-refractivity contribution >= 4 is 17.5 Å². The average molecular weight is 379 g/mol. The largest absolute Gasteiger partial charge is 0.497 e. The normalized spacial score (nSPS) is 13.8. The molecule has 6 heteroatoms. The molecule has 1 aliphatic heterocycles. The van der Waals surface area contributed by atoms with Crippen molar-refractivity contribution in [1.82, 2.24) is 10.2 Å². The minimum atomic E-state index is -0.174. The molecule has 0 unspecified atom stereocenters. The van der Waals surface area contributed by atoms with E-state index in [0.29, 0.717) is 30.8 Å². The Hall–Kier alpha value is -3.28. The second kappa shape index (κ2) is 9.08. The van der Waals surface area contributed by atoms with Gasteiger partial charge in [0.1, 0.15) is 5.75 Å². The Labute approximate surface area is 165 Å². The van der Waals surface area contributed by atoms with Crippen LogP contribution in [0, 0.1) is 0 Å². The molecule has 0 spiro atoms. The predicted molar refractivity (Wildman–Crippen MR) is 110 cm³/mol. The number of hydrogen-bond donors (Lipinski definition) is 1. The van der Waals surface area contributed by atoms with Gasteiger partial charge in [-0.15, -0.1) is 6.58 Å². The highest BCUT2D eigenvalue weighted by molar-refractivity contribution is 5.98. The standard InChI is InChI=1S/C22H25N3O3/c1-3-12-23-21(26)17-4-6-18(7-5-17)22(27)25-15-13-24(14-16-25)19-8-10-20(28-2)11-9-19/h3-11H,1,12-16H2,2H3,(H,23,26). The van der Waals surface area contributed by atoms with E-state index >= 15 is 0 Å². The molecule has 3 rings (SSSR count). The van der Waals surface area contributed by atoms with E-state index in [1.807, 2.05) is 29.2 Å². The Bertz CT molecular complexity index is 823. The van der Waals surface area contributed by atoms with Crippen LogP contribution in [0.25, 0.3) is 0 Å². The lowest BCUT2D eigenvalue weighted by molar-refractivity contribution is 0.0746. The number of benzene rings is 2. The number of nitrogens with zero attached hydrogens (tertiary/aromatic N) is 2. The fourth-order valence-electron chi connectivity index (χ4n) is 3.17. The van der Waals surface area contributed by atoms with E-state index < -0.39 is 0 Å². The van der Waals surface area contributed by atoms with Gasteiger partial charge in [0.2, 0.25) is 0 Å². The maximum absolute atomic E-state index is 12.8. The van der Waals surface area contributed by atoms with Crippen LogP contribution in [-0.4, -0.2) is 56.5 Å². The van der Waals surface area contributed by atoms with Crippen LogP contribution in [0.4, 0.5) is 5.69 Å². The van der Waals surface area contributed by atoms with Crippen LogP contribution in [0.1, 0.15) is 20.7 Å². The molecular weight excluding hydrogens is 354 g/mol. The van der Waals surface area contributed by atoms with Gasteiger partial charge >= 0.3 is 0 Å². The zero-order valence-electron chi connectivity index (χ0n) is 16.1. The Morgan fingerprint density at radius 3 is 2.18 bits per heavy atom. The first-order valence-electron chi connectivity index (χ1n) is 9.30. The number of carbonyl (C=O) groups is 2. The fraction of sp³-hybridized carbons (Fsp3) is 0.273. The van der Waals surface area contributed by atoms with Crippen LogP contribution in [0.5, 0.6) is 5.75 Å². The van der Waals surface area contributed by atoms with Gasteiger partial charge in [-0.25, -0.2) is 0 Å². The summed E-state index contributed by atoms with van der Waals surface area (Å²) in [5, 5.41) is 2.72. The molecule has 1 fully saturated rings. The van der Waals surface area contributed by atoms with Crippen molar-refractivity contribution in [2.75, 3.05) is 44.7 Å². The lowest BCUT2D eigenvalue weighted by atomic mass is 10.1. The number of anilines is 1. The molecule has 6 nitrogen and oxygen atoms in total. The number of hydrogen-bond acceptors (Lipinski definition) is 4. The molecule has 2 aromatic carbocycles. The molecule has 146 valence electrons. The van der Waals surface area contributed by atoms with Gasteiger partial charge in [-0.1, -0.05) is 6.08 Å². The third-order valence-corrected chi connectivity index (χ3v) is 4.81. The molecule has 0 bridgehead atoms. The Morgan fingerprint density at radius 2 is 1.61 bits per heavy atom. The van der Waals surface area contributed by atoms with Crippen molar-refractivity contribution in [3.8, 4) is 5.75 Å². The van der Waals surface area contributed by atoms with E-state index in [4.69, 9.17) is 4.74 Å². The number of amides is 2. The number of nitrogens with one attached hydrogen (secondary N) is 1. The summed E-state index contributed by atoms with van der Waals surface area (Å²) in [5.74, 6) is 0.652. The predicted octanol–water partition coefficient (Wildman–Crippen LogP) is 2.57. The molecule has 1 saturated heterocycles. The maximum atomic E-state index is 12.8. The molecule has 1 heterocycles. The molecule has 1 aliphatic rings. The molecule has 0 radical (unpaired) electrons. The first kappa shape index (κ1) is 19.5. The van der Waals surface area contributed by atoms with Crippen LogP contribution in [0.15, 0.2) is 61.2 Å². The highest BCUT2D eigenvalue weighted by Gasteiger charge is 2.22. The monoisotopic (exact) mass is 379 g/mol. The second-order valence-corrected chi connectivity index (χ2v) is 6.55. The van der Waals surface area contributed by atoms with Crippen LogP contribution in [-0.2, 0) is 0 Å². The molecule has 0 aromatic heterocycles. The summed E-state index contributed by atoms with van der Waals surface area (Å²) < 4.78 is 5.20. The Balaban J connectivity index is 1.57. The van der Waals surface area contributed by atoms with Gasteiger partial charge in [0, 0.05) is 49.5 Å². The van der Waals surface area contributed by atoms with Gasteiger partial charge in [-0.05, 0) is 48.5 Å². The molecule has 2 aromatic rings. The van der Waals surface area contributed by atoms with Crippen molar-refractivity contribution in [2.24, 2.45) is 0 Å². The lowest BCUT2D eigenvalue weighted by Gasteiger charge is -2.36. The van der Waals surface area contributed by atoms with Crippen molar-refractivity contribution in [2.45, 2.75) is 0 Å². The van der Waals surface area contributed by atoms with Crippen LogP contribution in [0.2, 0.25) is 0 Å². The summed E-state index contributed by atoms with van der Waals surface area (Å²) in [6, 6.07) is 14.7. The molecule has 1 N–H and O–H groups in total. The van der Waals surface area contributed by atoms with Crippen LogP contribution in [0.3, 0.4) is 0 Å². The molecule has 0 saturated carbocycles. The topological polar surface area (TPSA) is 61.9 Å². The number of methoxy groups -OCH3 is 1. The molecule has 28 heavy (non-hydrogen) atoms. The maximum Gasteiger partial charge on any atom is 0.253 e. The zero-order chi connectivity index (χ0) is 19.9. The number of piperazine rings is 1. The van der Waals surface area contributed by atoms with Gasteiger partial charge < -0.3 is 19.9 Å². The van der Waals surface area contributed by atoms with E-state index in [1.165, 1.54) is 0 Å². The smallest absolute Gasteiger partial charge is 0.253 e. The van der Waals surface area contributed by atoms with Crippen molar-refractivity contribution in [3.63, 3.8) is 0 Å². The van der Waals surface area contributed by atoms with Gasteiger partial charge in [0.05, 0.1) is 7.11 Å². The summed E-state index contributed by atoms with van der Waals surface area (Å²) in [4.78, 5) is 28.8. The summed E-state index contributed by atoms with van der Waals surface area (Å²) in [7, 11) is 1.65. The van der Waals surface area contributed by atoms with E-state index in [0.717, 1.165) is 24.5 Å². The van der Waals surface area contributed by atoms with Gasteiger partial charge in [0.25, 0.3) is 11.8 Å². The van der Waals surface area contributed by atoms with E-state index in [2.05, 4.69) is 16.8 Å². The molecular formula is C22H25N3O3.